The van der Waals surface area contributed by atoms with Crippen molar-refractivity contribution in [3.8, 4) is 10.6 Å². The highest BCUT2D eigenvalue weighted by Gasteiger charge is 2.26. The zero-order valence-electron chi connectivity index (χ0n) is 10.5. The van der Waals surface area contributed by atoms with Crippen LogP contribution in [0.2, 0.25) is 0 Å². The lowest BCUT2D eigenvalue weighted by molar-refractivity contribution is 0.675. The molecule has 0 bridgehead atoms. The minimum Gasteiger partial charge on any atom is -0.360 e. The summed E-state index contributed by atoms with van der Waals surface area (Å²) in [5.74, 6) is 0.463. The van der Waals surface area contributed by atoms with E-state index in [-0.39, 0.29) is 0 Å². The van der Waals surface area contributed by atoms with Crippen LogP contribution >= 0.6 is 11.3 Å². The highest BCUT2D eigenvalue weighted by atomic mass is 32.1. The van der Waals surface area contributed by atoms with Crippen LogP contribution in [0.3, 0.4) is 0 Å². The van der Waals surface area contributed by atoms with E-state index >= 15 is 0 Å². The van der Waals surface area contributed by atoms with E-state index in [1.165, 1.54) is 33.5 Å². The van der Waals surface area contributed by atoms with Gasteiger partial charge in [0.05, 0.1) is 5.69 Å². The smallest absolute Gasteiger partial charge is 0.126 e. The van der Waals surface area contributed by atoms with Crippen molar-refractivity contribution in [2.75, 3.05) is 6.54 Å². The van der Waals surface area contributed by atoms with Gasteiger partial charge in [0.25, 0.3) is 0 Å². The normalized spacial score (nSPS) is 18.1. The van der Waals surface area contributed by atoms with E-state index in [9.17, 15) is 0 Å². The van der Waals surface area contributed by atoms with Crippen molar-refractivity contribution in [3.05, 3.63) is 41.0 Å². The molecule has 96 valence electrons. The molecule has 4 rings (SSSR count). The third kappa shape index (κ3) is 1.64. The second-order valence-electron chi connectivity index (χ2n) is 5.05. The van der Waals surface area contributed by atoms with Crippen LogP contribution in [0.1, 0.15) is 22.9 Å². The Labute approximate surface area is 115 Å². The van der Waals surface area contributed by atoms with Crippen molar-refractivity contribution in [1.29, 1.82) is 0 Å². The largest absolute Gasteiger partial charge is 0.360 e. The average Bonchev–Trinajstić information content (AvgIpc) is 3.10. The number of H-pyrrole nitrogens is 1. The molecule has 0 radical (unpaired) electrons. The number of nitrogens with one attached hydrogen (secondary N) is 1. The maximum atomic E-state index is 5.83. The standard InChI is InChI=1S/C15H15N3S/c16-7-9-5-6-13-14(9)18-15(19-13)11-8-17-12-4-2-1-3-10(11)12/h1-4,8-9,17H,5-7,16H2. The number of nitrogens with zero attached hydrogens (tertiary/aromatic N) is 1. The van der Waals surface area contributed by atoms with Crippen molar-refractivity contribution in [2.24, 2.45) is 5.73 Å². The second kappa shape index (κ2) is 4.18. The monoisotopic (exact) mass is 269 g/mol. The van der Waals surface area contributed by atoms with Gasteiger partial charge < -0.3 is 10.7 Å². The van der Waals surface area contributed by atoms with Crippen molar-refractivity contribution < 1.29 is 0 Å². The highest BCUT2D eigenvalue weighted by molar-refractivity contribution is 7.15. The van der Waals surface area contributed by atoms with Gasteiger partial charge in [-0.1, -0.05) is 18.2 Å². The molecule has 1 aliphatic rings. The number of hydrogen-bond donors (Lipinski definition) is 2. The van der Waals surface area contributed by atoms with Crippen LogP contribution in [0.4, 0.5) is 0 Å². The molecule has 0 saturated heterocycles. The summed E-state index contributed by atoms with van der Waals surface area (Å²) in [6.45, 7) is 0.712. The first-order valence-corrected chi connectivity index (χ1v) is 7.44. The van der Waals surface area contributed by atoms with Gasteiger partial charge in [0.2, 0.25) is 0 Å². The van der Waals surface area contributed by atoms with Crippen LogP contribution in [0, 0.1) is 0 Å². The summed E-state index contributed by atoms with van der Waals surface area (Å²) in [5.41, 5.74) is 9.45. The fourth-order valence-corrected chi connectivity index (χ4v) is 4.09. The van der Waals surface area contributed by atoms with Crippen LogP contribution in [0.15, 0.2) is 30.5 Å². The molecule has 3 nitrogen and oxygen atoms in total. The summed E-state index contributed by atoms with van der Waals surface area (Å²) in [5, 5.41) is 2.37. The summed E-state index contributed by atoms with van der Waals surface area (Å²) in [6, 6.07) is 8.37. The number of thiazole rings is 1. The second-order valence-corrected chi connectivity index (χ2v) is 6.13. The zero-order chi connectivity index (χ0) is 12.8. The van der Waals surface area contributed by atoms with E-state index < -0.39 is 0 Å². The first kappa shape index (κ1) is 11.2. The van der Waals surface area contributed by atoms with Gasteiger partial charge in [0, 0.05) is 40.0 Å². The molecular weight excluding hydrogens is 254 g/mol. The summed E-state index contributed by atoms with van der Waals surface area (Å²) < 4.78 is 0. The Kier molecular flexibility index (Phi) is 2.47. The minimum absolute atomic E-state index is 0.463. The molecule has 0 fully saturated rings. The number of hydrogen-bond acceptors (Lipinski definition) is 3. The highest BCUT2D eigenvalue weighted by Crippen LogP contribution is 2.40. The lowest BCUT2D eigenvalue weighted by Gasteiger charge is -2.03. The number of nitrogens with two attached hydrogens (primary N) is 1. The van der Waals surface area contributed by atoms with E-state index in [2.05, 4.69) is 35.4 Å². The molecule has 3 N–H and O–H groups in total. The Morgan fingerprint density at radius 1 is 1.37 bits per heavy atom. The molecule has 0 aliphatic heterocycles. The Hall–Kier alpha value is -1.65. The van der Waals surface area contributed by atoms with Gasteiger partial charge in [-0.05, 0) is 18.9 Å². The van der Waals surface area contributed by atoms with E-state index in [1.807, 2.05) is 11.3 Å². The number of benzene rings is 1. The summed E-state index contributed by atoms with van der Waals surface area (Å²) in [4.78, 5) is 9.60. The van der Waals surface area contributed by atoms with E-state index in [4.69, 9.17) is 10.7 Å². The number of rotatable bonds is 2. The van der Waals surface area contributed by atoms with Crippen LogP contribution in [-0.4, -0.2) is 16.5 Å². The predicted octanol–water partition coefficient (Wildman–Crippen LogP) is 3.28. The summed E-state index contributed by atoms with van der Waals surface area (Å²) in [6.07, 6.45) is 4.37. The number of aryl methyl sites for hydroxylation is 1. The number of aromatic nitrogens is 2. The molecule has 0 saturated carbocycles. The van der Waals surface area contributed by atoms with Gasteiger partial charge in [-0.25, -0.2) is 4.98 Å². The fourth-order valence-electron chi connectivity index (χ4n) is 2.90. The lowest BCUT2D eigenvalue weighted by Crippen LogP contribution is -2.09. The van der Waals surface area contributed by atoms with E-state index in [1.54, 1.807) is 0 Å². The third-order valence-electron chi connectivity index (χ3n) is 3.94. The van der Waals surface area contributed by atoms with Gasteiger partial charge in [-0.15, -0.1) is 11.3 Å². The minimum atomic E-state index is 0.463. The van der Waals surface area contributed by atoms with Crippen LogP contribution in [-0.2, 0) is 6.42 Å². The number of fused-ring (bicyclic) bond motifs is 2. The Balaban J connectivity index is 1.85. The zero-order valence-corrected chi connectivity index (χ0v) is 11.3. The predicted molar refractivity (Wildman–Crippen MR) is 79.5 cm³/mol. The lowest BCUT2D eigenvalue weighted by atomic mass is 10.1. The molecule has 0 amide bonds. The first-order valence-electron chi connectivity index (χ1n) is 6.63. The van der Waals surface area contributed by atoms with Gasteiger partial charge in [-0.3, -0.25) is 0 Å². The summed E-state index contributed by atoms with van der Waals surface area (Å²) >= 11 is 1.83. The van der Waals surface area contributed by atoms with Crippen molar-refractivity contribution in [3.63, 3.8) is 0 Å². The van der Waals surface area contributed by atoms with Gasteiger partial charge in [-0.2, -0.15) is 0 Å². The van der Waals surface area contributed by atoms with Crippen molar-refractivity contribution >= 4 is 22.2 Å². The Morgan fingerprint density at radius 3 is 3.16 bits per heavy atom. The van der Waals surface area contributed by atoms with E-state index in [0.29, 0.717) is 12.5 Å². The molecule has 1 atom stereocenters. The molecule has 2 aromatic heterocycles. The van der Waals surface area contributed by atoms with E-state index in [0.717, 1.165) is 11.4 Å². The van der Waals surface area contributed by atoms with Crippen LogP contribution in [0.25, 0.3) is 21.5 Å². The third-order valence-corrected chi connectivity index (χ3v) is 5.10. The average molecular weight is 269 g/mol. The molecule has 1 aromatic carbocycles. The van der Waals surface area contributed by atoms with Gasteiger partial charge >= 0.3 is 0 Å². The van der Waals surface area contributed by atoms with Crippen molar-refractivity contribution in [2.45, 2.75) is 18.8 Å². The topological polar surface area (TPSA) is 54.7 Å². The number of para-hydroxylation sites is 1. The molecule has 19 heavy (non-hydrogen) atoms. The molecule has 3 aromatic rings. The molecule has 4 heteroatoms. The SMILES string of the molecule is NCC1CCc2sc(-c3c[nH]c4ccccc34)nc21. The first-order chi connectivity index (χ1) is 9.36. The Bertz CT molecular complexity index is 741. The molecule has 1 aliphatic carbocycles. The summed E-state index contributed by atoms with van der Waals surface area (Å²) in [7, 11) is 0. The number of aromatic amines is 1. The maximum absolute atomic E-state index is 5.83. The molecule has 0 spiro atoms. The molecular formula is C15H15N3S. The maximum Gasteiger partial charge on any atom is 0.126 e. The van der Waals surface area contributed by atoms with Gasteiger partial charge in [0.15, 0.2) is 0 Å². The Morgan fingerprint density at radius 2 is 2.26 bits per heavy atom. The fraction of sp³-hybridized carbons (Fsp3) is 0.267. The van der Waals surface area contributed by atoms with Crippen LogP contribution in [0.5, 0.6) is 0 Å². The quantitative estimate of drug-likeness (QED) is 0.750. The van der Waals surface area contributed by atoms with Gasteiger partial charge in [0.1, 0.15) is 5.01 Å². The molecule has 1 unspecified atom stereocenters. The molecule has 2 heterocycles. The van der Waals surface area contributed by atoms with Crippen molar-refractivity contribution in [1.82, 2.24) is 9.97 Å². The van der Waals surface area contributed by atoms with Crippen LogP contribution < -0.4 is 5.73 Å².